The Balaban J connectivity index is 1.53. The van der Waals surface area contributed by atoms with Gasteiger partial charge in [-0.15, -0.1) is 0 Å². The van der Waals surface area contributed by atoms with Gasteiger partial charge in [0.05, 0.1) is 5.56 Å². The maximum Gasteiger partial charge on any atom is 0.417 e. The molecule has 4 rings (SSSR count). The Morgan fingerprint density at radius 3 is 2.19 bits per heavy atom. The minimum Gasteiger partial charge on any atom is -0.445 e. The van der Waals surface area contributed by atoms with E-state index in [9.17, 15) is 27.6 Å². The van der Waals surface area contributed by atoms with Crippen molar-refractivity contribution in [1.82, 2.24) is 5.32 Å². The first-order valence-corrected chi connectivity index (χ1v) is 11.1. The van der Waals surface area contributed by atoms with E-state index < -0.39 is 41.1 Å². The van der Waals surface area contributed by atoms with E-state index in [4.69, 9.17) is 13.9 Å². The van der Waals surface area contributed by atoms with Crippen LogP contribution in [0.25, 0.3) is 11.0 Å². The molecule has 1 atom stereocenters. The van der Waals surface area contributed by atoms with Gasteiger partial charge < -0.3 is 19.2 Å². The quantitative estimate of drug-likeness (QED) is 0.207. The number of carbonyl (C=O) groups is 2. The van der Waals surface area contributed by atoms with Gasteiger partial charge in [0, 0.05) is 23.9 Å². The molecule has 1 aromatic heterocycles. The molecule has 0 saturated carbocycles. The Labute approximate surface area is 208 Å². The molecule has 0 unspecified atom stereocenters. The second-order valence-corrected chi connectivity index (χ2v) is 8.00. The zero-order chi connectivity index (χ0) is 26.4. The van der Waals surface area contributed by atoms with Crippen LogP contribution in [0.5, 0.6) is 5.75 Å². The second-order valence-electron chi connectivity index (χ2n) is 8.00. The summed E-state index contributed by atoms with van der Waals surface area (Å²) in [5.41, 5.74) is -1.31. The van der Waals surface area contributed by atoms with E-state index >= 15 is 0 Å². The number of carbonyl (C=O) groups excluding carboxylic acids is 2. The van der Waals surface area contributed by atoms with Gasteiger partial charge in [-0.3, -0.25) is 0 Å². The van der Waals surface area contributed by atoms with Crippen LogP contribution in [0, 0.1) is 0 Å². The lowest BCUT2D eigenvalue weighted by Crippen LogP contribution is -2.44. The van der Waals surface area contributed by atoms with Gasteiger partial charge in [-0.2, -0.15) is 13.2 Å². The number of hydrogen-bond donors (Lipinski definition) is 1. The van der Waals surface area contributed by atoms with Gasteiger partial charge in [-0.05, 0) is 23.3 Å². The Morgan fingerprint density at radius 1 is 0.892 bits per heavy atom. The number of rotatable bonds is 7. The first-order chi connectivity index (χ1) is 17.7. The molecular weight excluding hydrogens is 491 g/mol. The first-order valence-electron chi connectivity index (χ1n) is 11.1. The summed E-state index contributed by atoms with van der Waals surface area (Å²) in [5, 5.41) is 2.11. The molecule has 1 heterocycles. The third-order valence-electron chi connectivity index (χ3n) is 5.31. The maximum absolute atomic E-state index is 13.3. The molecule has 37 heavy (non-hydrogen) atoms. The monoisotopic (exact) mass is 511 g/mol. The Morgan fingerprint density at radius 2 is 1.54 bits per heavy atom. The van der Waals surface area contributed by atoms with Crippen LogP contribution < -0.4 is 15.7 Å². The van der Waals surface area contributed by atoms with Gasteiger partial charge in [-0.25, -0.2) is 14.4 Å². The average molecular weight is 511 g/mol. The van der Waals surface area contributed by atoms with Crippen molar-refractivity contribution in [2.45, 2.75) is 25.2 Å². The van der Waals surface area contributed by atoms with Gasteiger partial charge in [0.1, 0.15) is 24.0 Å². The molecule has 0 aliphatic rings. The lowest BCUT2D eigenvalue weighted by Gasteiger charge is -2.18. The fraction of sp³-hybridized carbons (Fsp3) is 0.148. The number of alkyl halides is 3. The summed E-state index contributed by atoms with van der Waals surface area (Å²) in [5.74, 6) is -1.06. The SMILES string of the molecule is O=C(N[C@@H](Cc1ccccc1)C(=O)Oc1ccc2c(C(F)(F)F)cc(=O)oc2c1)OCc1ccccc1. The van der Waals surface area contributed by atoms with Crippen LogP contribution in [-0.4, -0.2) is 18.1 Å². The Kier molecular flexibility index (Phi) is 7.57. The van der Waals surface area contributed by atoms with Crippen molar-refractivity contribution in [1.29, 1.82) is 0 Å². The van der Waals surface area contributed by atoms with Crippen molar-refractivity contribution < 1.29 is 36.7 Å². The van der Waals surface area contributed by atoms with E-state index in [0.29, 0.717) is 11.6 Å². The van der Waals surface area contributed by atoms with Crippen molar-refractivity contribution >= 4 is 23.0 Å². The highest BCUT2D eigenvalue weighted by Crippen LogP contribution is 2.34. The number of nitrogens with one attached hydrogen (secondary N) is 1. The molecule has 1 amide bonds. The minimum atomic E-state index is -4.78. The largest absolute Gasteiger partial charge is 0.445 e. The number of amides is 1. The molecule has 190 valence electrons. The fourth-order valence-corrected chi connectivity index (χ4v) is 3.58. The van der Waals surface area contributed by atoms with Gasteiger partial charge in [0.25, 0.3) is 0 Å². The molecule has 10 heteroatoms. The number of halogens is 3. The molecule has 0 fully saturated rings. The van der Waals surface area contributed by atoms with E-state index in [1.165, 1.54) is 0 Å². The van der Waals surface area contributed by atoms with Crippen LogP contribution in [0.4, 0.5) is 18.0 Å². The Hall–Kier alpha value is -4.60. The number of esters is 1. The maximum atomic E-state index is 13.3. The summed E-state index contributed by atoms with van der Waals surface area (Å²) in [7, 11) is 0. The first kappa shape index (κ1) is 25.5. The second kappa shape index (κ2) is 11.0. The molecule has 0 aliphatic heterocycles. The van der Waals surface area contributed by atoms with Crippen molar-refractivity contribution in [3.63, 3.8) is 0 Å². The molecule has 1 N–H and O–H groups in total. The lowest BCUT2D eigenvalue weighted by molar-refractivity contribution is -0.137. The minimum absolute atomic E-state index is 0.0228. The molecule has 0 aliphatic carbocycles. The highest BCUT2D eigenvalue weighted by Gasteiger charge is 2.34. The van der Waals surface area contributed by atoms with Crippen molar-refractivity contribution in [2.24, 2.45) is 0 Å². The van der Waals surface area contributed by atoms with Crippen molar-refractivity contribution in [3.05, 3.63) is 112 Å². The molecule has 0 saturated heterocycles. The molecule has 0 radical (unpaired) electrons. The normalized spacial score (nSPS) is 12.1. The highest BCUT2D eigenvalue weighted by molar-refractivity contribution is 5.86. The number of hydrogen-bond acceptors (Lipinski definition) is 6. The zero-order valence-corrected chi connectivity index (χ0v) is 19.2. The third kappa shape index (κ3) is 6.75. The molecule has 0 spiro atoms. The zero-order valence-electron chi connectivity index (χ0n) is 19.2. The van der Waals surface area contributed by atoms with Crippen LogP contribution in [0.3, 0.4) is 0 Å². The van der Waals surface area contributed by atoms with Crippen LogP contribution in [0.1, 0.15) is 16.7 Å². The summed E-state index contributed by atoms with van der Waals surface area (Å²) in [6, 6.07) is 20.1. The summed E-state index contributed by atoms with van der Waals surface area (Å²) in [6.07, 6.45) is -5.58. The number of benzene rings is 3. The van der Waals surface area contributed by atoms with Crippen molar-refractivity contribution in [2.75, 3.05) is 0 Å². The molecular formula is C27H20F3NO6. The fourth-order valence-electron chi connectivity index (χ4n) is 3.58. The average Bonchev–Trinajstić information content (AvgIpc) is 2.87. The van der Waals surface area contributed by atoms with Gasteiger partial charge in [0.2, 0.25) is 0 Å². The van der Waals surface area contributed by atoms with E-state index in [1.54, 1.807) is 54.6 Å². The van der Waals surface area contributed by atoms with Crippen LogP contribution in [0.2, 0.25) is 0 Å². The predicted octanol–water partition coefficient (Wildman–Crippen LogP) is 5.25. The standard InChI is InChI=1S/C27H20F3NO6/c28-27(29,30)21-15-24(32)37-23-14-19(11-12-20(21)23)36-25(33)22(13-17-7-3-1-4-8-17)31-26(34)35-16-18-9-5-2-6-10-18/h1-12,14-15,22H,13,16H2,(H,31,34)/t22-/m0/s1. The topological polar surface area (TPSA) is 94.8 Å². The number of ether oxygens (including phenoxy) is 2. The molecule has 7 nitrogen and oxygen atoms in total. The third-order valence-corrected chi connectivity index (χ3v) is 5.31. The van der Waals surface area contributed by atoms with E-state index in [-0.39, 0.29) is 24.2 Å². The van der Waals surface area contributed by atoms with Gasteiger partial charge in [-0.1, -0.05) is 60.7 Å². The van der Waals surface area contributed by atoms with Crippen LogP contribution >= 0.6 is 0 Å². The number of fused-ring (bicyclic) bond motifs is 1. The van der Waals surface area contributed by atoms with Crippen LogP contribution in [0.15, 0.2) is 94.1 Å². The summed E-state index contributed by atoms with van der Waals surface area (Å²) < 4.78 is 55.3. The summed E-state index contributed by atoms with van der Waals surface area (Å²) >= 11 is 0. The molecule has 4 aromatic rings. The molecule has 3 aromatic carbocycles. The van der Waals surface area contributed by atoms with E-state index in [1.807, 2.05) is 6.07 Å². The summed E-state index contributed by atoms with van der Waals surface area (Å²) in [6.45, 7) is -0.0228. The van der Waals surface area contributed by atoms with Gasteiger partial charge >= 0.3 is 23.9 Å². The lowest BCUT2D eigenvalue weighted by atomic mass is 10.1. The highest BCUT2D eigenvalue weighted by atomic mass is 19.4. The van der Waals surface area contributed by atoms with Crippen molar-refractivity contribution in [3.8, 4) is 5.75 Å². The van der Waals surface area contributed by atoms with Gasteiger partial charge in [0.15, 0.2) is 0 Å². The smallest absolute Gasteiger partial charge is 0.417 e. The van der Waals surface area contributed by atoms with E-state index in [2.05, 4.69) is 5.32 Å². The number of alkyl carbamates (subject to hydrolysis) is 1. The Bertz CT molecular complexity index is 1450. The van der Waals surface area contributed by atoms with Crippen LogP contribution in [-0.2, 0) is 28.7 Å². The molecule has 0 bridgehead atoms. The van der Waals surface area contributed by atoms with E-state index in [0.717, 1.165) is 23.8 Å². The predicted molar refractivity (Wildman–Crippen MR) is 127 cm³/mol. The summed E-state index contributed by atoms with van der Waals surface area (Å²) in [4.78, 5) is 37.1.